The molecule has 0 rings (SSSR count). The predicted molar refractivity (Wildman–Crippen MR) is 5.69 cm³/mol. The molecule has 0 aliphatic heterocycles. The molecule has 0 saturated carbocycles. The molecule has 0 radical (unpaired) electrons. The van der Waals surface area contributed by atoms with Crippen LogP contribution >= 0.6 is 0 Å². The average molecular weight is 109 g/mol. The van der Waals surface area contributed by atoms with Crippen LogP contribution in [0.1, 0.15) is 0 Å². The standard InChI is InChI=1S/CO2.Zn/c2-1-3;/q-2;+2. The van der Waals surface area contributed by atoms with Gasteiger partial charge in [-0.15, -0.1) is 0 Å². The van der Waals surface area contributed by atoms with Crippen LogP contribution in [0, 0.1) is 0 Å². The van der Waals surface area contributed by atoms with E-state index in [1.54, 1.807) is 0 Å². The van der Waals surface area contributed by atoms with E-state index in [1.807, 2.05) is 0 Å². The maximum atomic E-state index is 8.12. The van der Waals surface area contributed by atoms with Crippen molar-refractivity contribution in [2.24, 2.45) is 0 Å². The molecule has 3 heteroatoms. The van der Waals surface area contributed by atoms with Crippen molar-refractivity contribution in [3.8, 4) is 0 Å². The molecule has 0 amide bonds. The summed E-state index contributed by atoms with van der Waals surface area (Å²) in [6.45, 7) is 0.250. The SMILES string of the molecule is O=[C-][O-].[Zn+2]. The Morgan fingerprint density at radius 3 is 1.75 bits per heavy atom. The van der Waals surface area contributed by atoms with Gasteiger partial charge in [-0.05, 0) is 0 Å². The maximum absolute atomic E-state index is 8.12. The van der Waals surface area contributed by atoms with Crippen LogP contribution < -0.4 is 5.11 Å². The first-order chi connectivity index (χ1) is 1.41. The molecule has 0 spiro atoms. The first-order valence-electron chi connectivity index (χ1n) is 0.408. The Morgan fingerprint density at radius 2 is 1.75 bits per heavy atom. The molecular weight excluding hydrogens is 109 g/mol. The van der Waals surface area contributed by atoms with Gasteiger partial charge in [-0.1, -0.05) is 0 Å². The van der Waals surface area contributed by atoms with E-state index >= 15 is 0 Å². The number of carbonyl (C=O) groups excluding carboxylic acids is 1. The minimum Gasteiger partial charge on any atom is -0.794 e. The van der Waals surface area contributed by atoms with Gasteiger partial charge in [0.25, 0.3) is 0 Å². The van der Waals surface area contributed by atoms with Crippen LogP contribution in [0.25, 0.3) is 0 Å². The minimum absolute atomic E-state index is 0. The van der Waals surface area contributed by atoms with E-state index in [0.29, 0.717) is 0 Å². The fourth-order valence-corrected chi connectivity index (χ4v) is 0. The van der Waals surface area contributed by atoms with Crippen molar-refractivity contribution in [1.29, 1.82) is 0 Å². The molecule has 0 atom stereocenters. The van der Waals surface area contributed by atoms with Gasteiger partial charge < -0.3 is 16.4 Å². The van der Waals surface area contributed by atoms with Gasteiger partial charge in [-0.2, -0.15) is 0 Å². The number of hydrogen-bond acceptors (Lipinski definition) is 2. The zero-order valence-electron chi connectivity index (χ0n) is 2.02. The summed E-state index contributed by atoms with van der Waals surface area (Å²) in [5.41, 5.74) is 0. The van der Waals surface area contributed by atoms with E-state index in [9.17, 15) is 0 Å². The molecule has 0 fully saturated rings. The summed E-state index contributed by atoms with van der Waals surface area (Å²) in [4.78, 5) is 8.12. The van der Waals surface area contributed by atoms with E-state index in [-0.39, 0.29) is 26.0 Å². The first-order valence-corrected chi connectivity index (χ1v) is 0.408. The van der Waals surface area contributed by atoms with Gasteiger partial charge in [-0.25, -0.2) is 0 Å². The van der Waals surface area contributed by atoms with E-state index in [0.717, 1.165) is 0 Å². The summed E-state index contributed by atoms with van der Waals surface area (Å²) < 4.78 is 0. The Bertz CT molecular complexity index is 13.5. The second-order valence-electron chi connectivity index (χ2n) is 0.0833. The van der Waals surface area contributed by atoms with Gasteiger partial charge in [-0.3, -0.25) is 0 Å². The van der Waals surface area contributed by atoms with Crippen molar-refractivity contribution >= 4 is 6.47 Å². The summed E-state index contributed by atoms with van der Waals surface area (Å²) in [6.07, 6.45) is 0. The smallest absolute Gasteiger partial charge is 0.794 e. The third-order valence-corrected chi connectivity index (χ3v) is 0. The Labute approximate surface area is 36.6 Å². The Kier molecular flexibility index (Phi) is 25.3. The average Bonchev–Trinajstić information content (AvgIpc) is 0.918. The zero-order chi connectivity index (χ0) is 2.71. The molecule has 0 aromatic rings. The molecule has 0 aliphatic carbocycles. The first kappa shape index (κ1) is 8.94. The molecule has 0 unspecified atom stereocenters. The van der Waals surface area contributed by atoms with Crippen molar-refractivity contribution in [2.75, 3.05) is 0 Å². The molecule has 0 saturated heterocycles. The second kappa shape index (κ2) is 11.3. The maximum Gasteiger partial charge on any atom is 2.00 e. The minimum atomic E-state index is 0. The predicted octanol–water partition coefficient (Wildman–Crippen LogP) is -1.73. The molecule has 2 nitrogen and oxygen atoms in total. The van der Waals surface area contributed by atoms with Crippen LogP contribution in [-0.4, -0.2) is 6.47 Å². The van der Waals surface area contributed by atoms with Crippen LogP contribution in [0.4, 0.5) is 0 Å². The van der Waals surface area contributed by atoms with Crippen molar-refractivity contribution in [2.45, 2.75) is 0 Å². The van der Waals surface area contributed by atoms with Gasteiger partial charge >= 0.3 is 19.5 Å². The molecule has 0 bridgehead atoms. The monoisotopic (exact) mass is 108 g/mol. The Morgan fingerprint density at radius 1 is 1.75 bits per heavy atom. The van der Waals surface area contributed by atoms with Crippen LogP contribution in [-0.2, 0) is 24.3 Å². The Hall–Kier alpha value is 0.0934. The van der Waals surface area contributed by atoms with Crippen molar-refractivity contribution < 1.29 is 29.4 Å². The van der Waals surface area contributed by atoms with Crippen LogP contribution in [0.5, 0.6) is 0 Å². The largest absolute Gasteiger partial charge is 2.00 e. The van der Waals surface area contributed by atoms with Crippen LogP contribution in [0.15, 0.2) is 0 Å². The van der Waals surface area contributed by atoms with Crippen molar-refractivity contribution in [3.63, 3.8) is 0 Å². The van der Waals surface area contributed by atoms with E-state index < -0.39 is 0 Å². The second-order valence-corrected chi connectivity index (χ2v) is 0.0833. The summed E-state index contributed by atoms with van der Waals surface area (Å²) in [7, 11) is 0. The number of hydrogen-bond donors (Lipinski definition) is 0. The topological polar surface area (TPSA) is 40.1 Å². The summed E-state index contributed by atoms with van der Waals surface area (Å²) in [6, 6.07) is 0. The molecule has 0 heterocycles. The van der Waals surface area contributed by atoms with Crippen LogP contribution in [0.3, 0.4) is 0 Å². The van der Waals surface area contributed by atoms with Crippen molar-refractivity contribution in [1.82, 2.24) is 0 Å². The molecule has 0 aliphatic rings. The molecular formula is CO2Zn. The molecule has 18 valence electrons. The summed E-state index contributed by atoms with van der Waals surface area (Å²) in [5.74, 6) is 0. The quantitative estimate of drug-likeness (QED) is 0.274. The number of rotatable bonds is 0. The zero-order valence-corrected chi connectivity index (χ0v) is 4.99. The van der Waals surface area contributed by atoms with E-state index in [4.69, 9.17) is 9.90 Å². The van der Waals surface area contributed by atoms with Crippen LogP contribution in [0.2, 0.25) is 0 Å². The van der Waals surface area contributed by atoms with Gasteiger partial charge in [0, 0.05) is 0 Å². The molecule has 0 aromatic carbocycles. The van der Waals surface area contributed by atoms with Gasteiger partial charge in [0.1, 0.15) is 0 Å². The van der Waals surface area contributed by atoms with Gasteiger partial charge in [0.05, 0.1) is 0 Å². The third-order valence-electron chi connectivity index (χ3n) is 0. The van der Waals surface area contributed by atoms with E-state index in [1.165, 1.54) is 0 Å². The summed E-state index contributed by atoms with van der Waals surface area (Å²) in [5, 5.41) is 8.12. The third kappa shape index (κ3) is 287. The summed E-state index contributed by atoms with van der Waals surface area (Å²) >= 11 is 0. The van der Waals surface area contributed by atoms with E-state index in [2.05, 4.69) is 0 Å². The van der Waals surface area contributed by atoms with Crippen molar-refractivity contribution in [3.05, 3.63) is 0 Å². The van der Waals surface area contributed by atoms with Gasteiger partial charge in [0.2, 0.25) is 0 Å². The molecule has 4 heavy (non-hydrogen) atoms. The van der Waals surface area contributed by atoms with Gasteiger partial charge in [0.15, 0.2) is 0 Å². The fourth-order valence-electron chi connectivity index (χ4n) is 0. The molecule has 0 N–H and O–H groups in total. The molecule has 0 aromatic heterocycles. The fraction of sp³-hybridized carbons (Fsp3) is 0. The normalized spacial score (nSPS) is 3.00. The Balaban J connectivity index is 0.